The number of methoxy groups -OCH3 is 1. The van der Waals surface area contributed by atoms with Gasteiger partial charge in [-0.1, -0.05) is 42.5 Å². The molecule has 0 fully saturated rings. The van der Waals surface area contributed by atoms with E-state index in [1.807, 2.05) is 18.2 Å². The summed E-state index contributed by atoms with van der Waals surface area (Å²) in [5.41, 5.74) is 2.38. The summed E-state index contributed by atoms with van der Waals surface area (Å²) in [6, 6.07) is 21.4. The molecule has 0 aromatic heterocycles. The van der Waals surface area contributed by atoms with Crippen molar-refractivity contribution >= 4 is 21.6 Å². The van der Waals surface area contributed by atoms with Gasteiger partial charge in [0, 0.05) is 25.9 Å². The number of hydrogen-bond acceptors (Lipinski definition) is 4. The second kappa shape index (κ2) is 12.3. The number of carbonyl (C=O) groups is 1. The molecule has 34 heavy (non-hydrogen) atoms. The summed E-state index contributed by atoms with van der Waals surface area (Å²) >= 11 is 0. The van der Waals surface area contributed by atoms with E-state index in [4.69, 9.17) is 4.74 Å². The second-order valence-corrected chi connectivity index (χ2v) is 9.58. The highest BCUT2D eigenvalue weighted by Gasteiger charge is 2.16. The molecule has 1 amide bonds. The molecule has 0 saturated carbocycles. The molecule has 8 heteroatoms. The van der Waals surface area contributed by atoms with Crippen LogP contribution in [0.4, 0.5) is 10.1 Å². The molecule has 0 aliphatic carbocycles. The van der Waals surface area contributed by atoms with Gasteiger partial charge < -0.3 is 9.64 Å². The van der Waals surface area contributed by atoms with Gasteiger partial charge in [0.25, 0.3) is 10.0 Å². The van der Waals surface area contributed by atoms with Crippen LogP contribution in [-0.2, 0) is 32.4 Å². The predicted octanol–water partition coefficient (Wildman–Crippen LogP) is 4.28. The zero-order valence-electron chi connectivity index (χ0n) is 19.1. The SMILES string of the molecule is COCCN(CCCc1ccccc1)C(=O)Cc1ccc(NS(=O)(=O)c2ccc(F)cc2)cc1. The molecule has 0 atom stereocenters. The van der Waals surface area contributed by atoms with Crippen molar-refractivity contribution in [1.29, 1.82) is 0 Å². The Labute approximate surface area is 200 Å². The maximum atomic E-state index is 13.1. The van der Waals surface area contributed by atoms with Gasteiger partial charge in [0.15, 0.2) is 0 Å². The number of nitrogens with zero attached hydrogens (tertiary/aromatic N) is 1. The Morgan fingerprint density at radius 2 is 1.59 bits per heavy atom. The van der Waals surface area contributed by atoms with Crippen molar-refractivity contribution in [3.63, 3.8) is 0 Å². The van der Waals surface area contributed by atoms with Crippen molar-refractivity contribution in [3.05, 3.63) is 95.8 Å². The molecule has 0 unspecified atom stereocenters. The van der Waals surface area contributed by atoms with Gasteiger partial charge in [-0.2, -0.15) is 0 Å². The van der Waals surface area contributed by atoms with Crippen LogP contribution in [0.25, 0.3) is 0 Å². The molecule has 180 valence electrons. The van der Waals surface area contributed by atoms with Crippen LogP contribution in [0.1, 0.15) is 17.5 Å². The molecule has 0 aliphatic rings. The van der Waals surface area contributed by atoms with E-state index in [-0.39, 0.29) is 17.2 Å². The van der Waals surface area contributed by atoms with Crippen molar-refractivity contribution in [2.24, 2.45) is 0 Å². The van der Waals surface area contributed by atoms with E-state index in [0.717, 1.165) is 30.5 Å². The van der Waals surface area contributed by atoms with Gasteiger partial charge >= 0.3 is 0 Å². The second-order valence-electron chi connectivity index (χ2n) is 7.90. The summed E-state index contributed by atoms with van der Waals surface area (Å²) in [7, 11) is -2.22. The third-order valence-electron chi connectivity index (χ3n) is 5.34. The minimum absolute atomic E-state index is 0.00949. The first-order valence-electron chi connectivity index (χ1n) is 11.1. The lowest BCUT2D eigenvalue weighted by Gasteiger charge is -2.22. The monoisotopic (exact) mass is 484 g/mol. The number of benzene rings is 3. The Morgan fingerprint density at radius 3 is 2.24 bits per heavy atom. The smallest absolute Gasteiger partial charge is 0.261 e. The molecule has 6 nitrogen and oxygen atoms in total. The van der Waals surface area contributed by atoms with Crippen molar-refractivity contribution in [3.8, 4) is 0 Å². The highest BCUT2D eigenvalue weighted by molar-refractivity contribution is 7.92. The number of rotatable bonds is 12. The summed E-state index contributed by atoms with van der Waals surface area (Å²) in [4.78, 5) is 14.7. The lowest BCUT2D eigenvalue weighted by atomic mass is 10.1. The van der Waals surface area contributed by atoms with Crippen LogP contribution in [0, 0.1) is 5.82 Å². The number of aryl methyl sites for hydroxylation is 1. The molecular weight excluding hydrogens is 455 g/mol. The fraction of sp³-hybridized carbons (Fsp3) is 0.269. The lowest BCUT2D eigenvalue weighted by Crippen LogP contribution is -2.36. The topological polar surface area (TPSA) is 75.7 Å². The van der Waals surface area contributed by atoms with Crippen LogP contribution in [0.2, 0.25) is 0 Å². The summed E-state index contributed by atoms with van der Waals surface area (Å²) < 4.78 is 45.6. The minimum atomic E-state index is -3.83. The first-order chi connectivity index (χ1) is 16.4. The van der Waals surface area contributed by atoms with E-state index < -0.39 is 15.8 Å². The van der Waals surface area contributed by atoms with Crippen LogP contribution in [0.3, 0.4) is 0 Å². The maximum Gasteiger partial charge on any atom is 0.261 e. The molecule has 1 N–H and O–H groups in total. The molecule has 3 aromatic carbocycles. The lowest BCUT2D eigenvalue weighted by molar-refractivity contribution is -0.131. The zero-order chi connectivity index (χ0) is 24.4. The van der Waals surface area contributed by atoms with E-state index in [0.29, 0.717) is 25.4 Å². The highest BCUT2D eigenvalue weighted by atomic mass is 32.2. The molecule has 0 bridgehead atoms. The van der Waals surface area contributed by atoms with Crippen molar-refractivity contribution < 1.29 is 22.3 Å². The Kier molecular flexibility index (Phi) is 9.18. The molecule has 3 aromatic rings. The maximum absolute atomic E-state index is 13.1. The first-order valence-corrected chi connectivity index (χ1v) is 12.5. The van der Waals surface area contributed by atoms with Gasteiger partial charge in [-0.05, 0) is 60.4 Å². The van der Waals surface area contributed by atoms with Crippen LogP contribution in [0.15, 0.2) is 83.8 Å². The van der Waals surface area contributed by atoms with Crippen molar-refractivity contribution in [2.45, 2.75) is 24.2 Å². The number of halogens is 1. The largest absolute Gasteiger partial charge is 0.383 e. The van der Waals surface area contributed by atoms with Crippen molar-refractivity contribution in [2.75, 3.05) is 31.5 Å². The molecule has 0 saturated heterocycles. The number of anilines is 1. The molecular formula is C26H29FN2O4S. The molecule has 0 aliphatic heterocycles. The van der Waals surface area contributed by atoms with E-state index >= 15 is 0 Å². The minimum Gasteiger partial charge on any atom is -0.383 e. The molecule has 0 heterocycles. The number of ether oxygens (including phenoxy) is 1. The van der Waals surface area contributed by atoms with Crippen LogP contribution < -0.4 is 4.72 Å². The van der Waals surface area contributed by atoms with E-state index in [9.17, 15) is 17.6 Å². The van der Waals surface area contributed by atoms with Crippen molar-refractivity contribution in [1.82, 2.24) is 4.90 Å². The Bertz CT molecular complexity index is 1150. The van der Waals surface area contributed by atoms with Crippen LogP contribution >= 0.6 is 0 Å². The third kappa shape index (κ3) is 7.67. The standard InChI is InChI=1S/C26H29FN2O4S/c1-33-19-18-29(17-5-8-21-6-3-2-4-7-21)26(30)20-22-9-13-24(14-10-22)28-34(31,32)25-15-11-23(27)12-16-25/h2-4,6-7,9-16,28H,5,8,17-20H2,1H3. The van der Waals surface area contributed by atoms with Gasteiger partial charge in [0.05, 0.1) is 17.9 Å². The normalized spacial score (nSPS) is 11.2. The molecule has 0 spiro atoms. The average Bonchev–Trinajstić information content (AvgIpc) is 2.83. The van der Waals surface area contributed by atoms with Gasteiger partial charge in [-0.15, -0.1) is 0 Å². The number of hydrogen-bond donors (Lipinski definition) is 1. The average molecular weight is 485 g/mol. The molecule has 3 rings (SSSR count). The van der Waals surface area contributed by atoms with E-state index in [2.05, 4.69) is 16.9 Å². The number of sulfonamides is 1. The van der Waals surface area contributed by atoms with Crippen LogP contribution in [0.5, 0.6) is 0 Å². The van der Waals surface area contributed by atoms with Gasteiger partial charge in [0.2, 0.25) is 5.91 Å². The van der Waals surface area contributed by atoms with Gasteiger partial charge in [-0.25, -0.2) is 12.8 Å². The number of carbonyl (C=O) groups excluding carboxylic acids is 1. The van der Waals surface area contributed by atoms with E-state index in [1.54, 1.807) is 36.3 Å². The predicted molar refractivity (Wildman–Crippen MR) is 131 cm³/mol. The van der Waals surface area contributed by atoms with Gasteiger partial charge in [-0.3, -0.25) is 9.52 Å². The molecule has 0 radical (unpaired) electrons. The Morgan fingerprint density at radius 1 is 0.912 bits per heavy atom. The Balaban J connectivity index is 1.57. The quantitative estimate of drug-likeness (QED) is 0.416. The fourth-order valence-corrected chi connectivity index (χ4v) is 4.54. The third-order valence-corrected chi connectivity index (χ3v) is 6.74. The highest BCUT2D eigenvalue weighted by Crippen LogP contribution is 2.18. The zero-order valence-corrected chi connectivity index (χ0v) is 19.9. The Hall–Kier alpha value is -3.23. The number of nitrogens with one attached hydrogen (secondary N) is 1. The fourth-order valence-electron chi connectivity index (χ4n) is 3.49. The van der Waals surface area contributed by atoms with Crippen LogP contribution in [-0.4, -0.2) is 46.0 Å². The van der Waals surface area contributed by atoms with E-state index in [1.165, 1.54) is 17.7 Å². The summed E-state index contributed by atoms with van der Waals surface area (Å²) in [6.45, 7) is 1.60. The first kappa shape index (κ1) is 25.4. The summed E-state index contributed by atoms with van der Waals surface area (Å²) in [6.07, 6.45) is 1.95. The summed E-state index contributed by atoms with van der Waals surface area (Å²) in [5, 5.41) is 0. The summed E-state index contributed by atoms with van der Waals surface area (Å²) in [5.74, 6) is -0.516. The van der Waals surface area contributed by atoms with Gasteiger partial charge in [0.1, 0.15) is 5.82 Å². The number of amides is 1.